The Balaban J connectivity index is 1.54. The van der Waals surface area contributed by atoms with E-state index in [4.69, 9.17) is 8.83 Å². The molecule has 0 bridgehead atoms. The smallest absolute Gasteiger partial charge is 0.247 e. The molecule has 34 heavy (non-hydrogen) atoms. The third-order valence-electron chi connectivity index (χ3n) is 5.99. The average Bonchev–Trinajstić information content (AvgIpc) is 3.58. The number of carbonyl (C=O) groups is 2. The second-order valence-corrected chi connectivity index (χ2v) is 9.29. The van der Waals surface area contributed by atoms with Gasteiger partial charge in [0.25, 0.3) is 0 Å². The van der Waals surface area contributed by atoms with E-state index in [0.29, 0.717) is 23.8 Å². The summed E-state index contributed by atoms with van der Waals surface area (Å²) in [5.74, 6) is 1.92. The minimum atomic E-state index is -0.631. The summed E-state index contributed by atoms with van der Waals surface area (Å²) in [6.45, 7) is 5.94. The molecule has 1 aliphatic rings. The van der Waals surface area contributed by atoms with Crippen LogP contribution in [0, 0.1) is 12.8 Å². The van der Waals surface area contributed by atoms with E-state index in [1.807, 2.05) is 26.8 Å². The Labute approximate surface area is 198 Å². The second-order valence-electron chi connectivity index (χ2n) is 9.29. The van der Waals surface area contributed by atoms with Crippen molar-refractivity contribution in [3.63, 3.8) is 0 Å². The first-order valence-electron chi connectivity index (χ1n) is 11.9. The molecule has 3 aromatic rings. The van der Waals surface area contributed by atoms with E-state index in [0.717, 1.165) is 31.4 Å². The van der Waals surface area contributed by atoms with Crippen molar-refractivity contribution in [2.24, 2.45) is 5.92 Å². The van der Waals surface area contributed by atoms with E-state index in [9.17, 15) is 9.59 Å². The lowest BCUT2D eigenvalue weighted by molar-refractivity contribution is -0.143. The first-order valence-corrected chi connectivity index (χ1v) is 11.9. The minimum Gasteiger partial charge on any atom is -0.467 e. The zero-order valence-electron chi connectivity index (χ0n) is 19.9. The van der Waals surface area contributed by atoms with Crippen LogP contribution in [0.5, 0.6) is 0 Å². The summed E-state index contributed by atoms with van der Waals surface area (Å²) < 4.78 is 11.1. The van der Waals surface area contributed by atoms with Crippen molar-refractivity contribution in [2.75, 3.05) is 0 Å². The van der Waals surface area contributed by atoms with Crippen molar-refractivity contribution in [1.29, 1.82) is 0 Å². The van der Waals surface area contributed by atoms with Gasteiger partial charge < -0.3 is 19.1 Å². The lowest BCUT2D eigenvalue weighted by Gasteiger charge is -2.32. The van der Waals surface area contributed by atoms with Crippen molar-refractivity contribution >= 4 is 11.8 Å². The van der Waals surface area contributed by atoms with Crippen LogP contribution in [0.25, 0.3) is 11.6 Å². The van der Waals surface area contributed by atoms with Crippen molar-refractivity contribution in [3.05, 3.63) is 42.0 Å². The van der Waals surface area contributed by atoms with Crippen molar-refractivity contribution in [2.45, 2.75) is 78.0 Å². The summed E-state index contributed by atoms with van der Waals surface area (Å²) >= 11 is 0. The number of furan rings is 2. The molecule has 0 aromatic carbocycles. The van der Waals surface area contributed by atoms with Gasteiger partial charge in [-0.2, -0.15) is 4.80 Å². The highest BCUT2D eigenvalue weighted by atomic mass is 16.3. The largest absolute Gasteiger partial charge is 0.467 e. The third kappa shape index (κ3) is 5.92. The van der Waals surface area contributed by atoms with Crippen LogP contribution >= 0.6 is 0 Å². The first kappa shape index (κ1) is 23.7. The normalized spacial score (nSPS) is 15.1. The summed E-state index contributed by atoms with van der Waals surface area (Å²) in [5, 5.41) is 15.5. The zero-order valence-corrected chi connectivity index (χ0v) is 19.9. The fraction of sp³-hybridized carbons (Fsp3) is 0.542. The fourth-order valence-corrected chi connectivity index (χ4v) is 4.31. The van der Waals surface area contributed by atoms with Crippen molar-refractivity contribution in [1.82, 2.24) is 30.4 Å². The SMILES string of the molecule is Cc1ccc(-c2nnn(CC(=O)N(Cc3ccco3)[C@H](CC(C)C)C(=O)NC3CCCC3)n2)o1. The van der Waals surface area contributed by atoms with Crippen LogP contribution in [0.2, 0.25) is 0 Å². The topological polar surface area (TPSA) is 119 Å². The quantitative estimate of drug-likeness (QED) is 0.485. The lowest BCUT2D eigenvalue weighted by Crippen LogP contribution is -2.52. The van der Waals surface area contributed by atoms with E-state index in [2.05, 4.69) is 20.7 Å². The summed E-state index contributed by atoms with van der Waals surface area (Å²) in [4.78, 5) is 29.7. The minimum absolute atomic E-state index is 0.126. The molecular weight excluding hydrogens is 436 g/mol. The molecule has 0 unspecified atom stereocenters. The number of hydrogen-bond acceptors (Lipinski definition) is 7. The molecule has 3 aromatic heterocycles. The Hall–Kier alpha value is -3.43. The third-order valence-corrected chi connectivity index (χ3v) is 5.99. The molecule has 1 aliphatic carbocycles. The number of aryl methyl sites for hydroxylation is 1. The molecule has 2 amide bonds. The highest BCUT2D eigenvalue weighted by molar-refractivity contribution is 5.87. The summed E-state index contributed by atoms with van der Waals surface area (Å²) in [5.41, 5.74) is 0. The Morgan fingerprint density at radius 3 is 2.68 bits per heavy atom. The van der Waals surface area contributed by atoms with Crippen LogP contribution in [-0.2, 0) is 22.7 Å². The second kappa shape index (κ2) is 10.7. The van der Waals surface area contributed by atoms with Crippen LogP contribution in [0.1, 0.15) is 57.5 Å². The monoisotopic (exact) mass is 468 g/mol. The Morgan fingerprint density at radius 2 is 2.03 bits per heavy atom. The van der Waals surface area contributed by atoms with Gasteiger partial charge in [-0.3, -0.25) is 9.59 Å². The van der Waals surface area contributed by atoms with Gasteiger partial charge in [0.2, 0.25) is 17.6 Å². The fourth-order valence-electron chi connectivity index (χ4n) is 4.31. The number of rotatable bonds is 10. The number of nitrogens with one attached hydrogen (secondary N) is 1. The molecule has 4 rings (SSSR count). The van der Waals surface area contributed by atoms with Gasteiger partial charge in [0.05, 0.1) is 12.8 Å². The number of carbonyl (C=O) groups excluding carboxylic acids is 2. The molecule has 0 aliphatic heterocycles. The van der Waals surface area contributed by atoms with Gasteiger partial charge in [-0.1, -0.05) is 26.7 Å². The van der Waals surface area contributed by atoms with Gasteiger partial charge in [0, 0.05) is 6.04 Å². The average molecular weight is 469 g/mol. The molecular formula is C24H32N6O4. The molecule has 0 radical (unpaired) electrons. The predicted octanol–water partition coefficient (Wildman–Crippen LogP) is 3.34. The first-order chi connectivity index (χ1) is 16.4. The number of hydrogen-bond donors (Lipinski definition) is 1. The van der Waals surface area contributed by atoms with Crippen molar-refractivity contribution in [3.8, 4) is 11.6 Å². The van der Waals surface area contributed by atoms with E-state index in [1.165, 1.54) is 4.80 Å². The van der Waals surface area contributed by atoms with Crippen LogP contribution in [0.4, 0.5) is 0 Å². The summed E-state index contributed by atoms with van der Waals surface area (Å²) in [6.07, 6.45) is 6.28. The van der Waals surface area contributed by atoms with Crippen LogP contribution in [0.15, 0.2) is 39.4 Å². The molecule has 182 valence electrons. The van der Waals surface area contributed by atoms with Crippen molar-refractivity contribution < 1.29 is 18.4 Å². The zero-order chi connectivity index (χ0) is 24.1. The number of amides is 2. The van der Waals surface area contributed by atoms with Gasteiger partial charge in [-0.25, -0.2) is 0 Å². The number of tetrazole rings is 1. The lowest BCUT2D eigenvalue weighted by atomic mass is 10.0. The number of aromatic nitrogens is 4. The Bertz CT molecular complexity index is 1080. The Morgan fingerprint density at radius 1 is 1.24 bits per heavy atom. The van der Waals surface area contributed by atoms with E-state index in [1.54, 1.807) is 29.4 Å². The van der Waals surface area contributed by atoms with Crippen LogP contribution in [0.3, 0.4) is 0 Å². The van der Waals surface area contributed by atoms with E-state index < -0.39 is 6.04 Å². The molecule has 3 heterocycles. The maximum atomic E-state index is 13.5. The molecule has 1 saturated carbocycles. The molecule has 0 spiro atoms. The van der Waals surface area contributed by atoms with E-state index >= 15 is 0 Å². The van der Waals surface area contributed by atoms with E-state index in [-0.39, 0.29) is 36.9 Å². The van der Waals surface area contributed by atoms with Gasteiger partial charge in [0.15, 0.2) is 5.76 Å². The molecule has 0 saturated heterocycles. The van der Waals surface area contributed by atoms with Gasteiger partial charge in [0.1, 0.15) is 24.1 Å². The van der Waals surface area contributed by atoms with Gasteiger partial charge in [-0.15, -0.1) is 10.2 Å². The molecule has 1 N–H and O–H groups in total. The highest BCUT2D eigenvalue weighted by Crippen LogP contribution is 2.21. The van der Waals surface area contributed by atoms with Crippen LogP contribution < -0.4 is 5.32 Å². The predicted molar refractivity (Wildman–Crippen MR) is 123 cm³/mol. The highest BCUT2D eigenvalue weighted by Gasteiger charge is 2.33. The molecule has 10 heteroatoms. The molecule has 1 atom stereocenters. The maximum Gasteiger partial charge on any atom is 0.247 e. The summed E-state index contributed by atoms with van der Waals surface area (Å²) in [6, 6.07) is 6.67. The van der Waals surface area contributed by atoms with Gasteiger partial charge in [-0.05, 0) is 61.6 Å². The molecule has 10 nitrogen and oxygen atoms in total. The Kier molecular flexibility index (Phi) is 7.44. The van der Waals surface area contributed by atoms with Gasteiger partial charge >= 0.3 is 0 Å². The standard InChI is InChI=1S/C24H32N6O4/c1-16(2)13-20(24(32)25-18-7-4-5-8-18)29(14-19-9-6-12-33-19)22(31)15-30-27-23(26-28-30)21-11-10-17(3)34-21/h6,9-12,16,18,20H,4-5,7-8,13-15H2,1-3H3,(H,25,32)/t20-/m1/s1. The number of nitrogens with zero attached hydrogens (tertiary/aromatic N) is 5. The summed E-state index contributed by atoms with van der Waals surface area (Å²) in [7, 11) is 0. The molecule has 1 fully saturated rings. The van der Waals surface area contributed by atoms with Crippen LogP contribution in [-0.4, -0.2) is 49.0 Å². The maximum absolute atomic E-state index is 13.5.